The number of carbonyl (C=O) groups is 2. The van der Waals surface area contributed by atoms with Gasteiger partial charge in [-0.3, -0.25) is 9.59 Å². The summed E-state index contributed by atoms with van der Waals surface area (Å²) in [5.74, 6) is -0.673. The summed E-state index contributed by atoms with van der Waals surface area (Å²) in [5.41, 5.74) is -0.481. The molecule has 1 N–H and O–H groups in total. The minimum atomic E-state index is -0.481. The molecule has 1 unspecified atom stereocenters. The van der Waals surface area contributed by atoms with Crippen molar-refractivity contribution in [1.29, 1.82) is 0 Å². The molecular weight excluding hydrogens is 246 g/mol. The van der Waals surface area contributed by atoms with Crippen molar-refractivity contribution in [3.05, 3.63) is 0 Å². The zero-order valence-corrected chi connectivity index (χ0v) is 12.5. The van der Waals surface area contributed by atoms with Crippen LogP contribution in [-0.4, -0.2) is 36.7 Å². The molecule has 0 aromatic rings. The minimum Gasteiger partial charge on any atom is -0.468 e. The monoisotopic (exact) mass is 271 g/mol. The molecule has 1 fully saturated rings. The Labute approximate surface area is 115 Å². The zero-order valence-electron chi connectivity index (χ0n) is 12.5. The number of hydrogen-bond donors (Lipinski definition) is 1. The zero-order chi connectivity index (χ0) is 14.6. The van der Waals surface area contributed by atoms with Crippen LogP contribution in [0.3, 0.4) is 0 Å². The average Bonchev–Trinajstić information content (AvgIpc) is 2.76. The lowest BCUT2D eigenvalue weighted by molar-refractivity contribution is -0.161. The largest absolute Gasteiger partial charge is 0.468 e. The summed E-state index contributed by atoms with van der Waals surface area (Å²) in [4.78, 5) is 23.6. The van der Waals surface area contributed by atoms with E-state index in [1.54, 1.807) is 0 Å². The Morgan fingerprint density at radius 1 is 1.32 bits per heavy atom. The normalized spacial score (nSPS) is 24.9. The molecule has 1 saturated heterocycles. The molecule has 0 radical (unpaired) electrons. The smallest absolute Gasteiger partial charge is 0.322 e. The molecule has 19 heavy (non-hydrogen) atoms. The highest BCUT2D eigenvalue weighted by molar-refractivity contribution is 5.77. The number of methoxy groups -OCH3 is 1. The van der Waals surface area contributed by atoms with Crippen LogP contribution in [0.5, 0.6) is 0 Å². The maximum Gasteiger partial charge on any atom is 0.322 e. The first-order chi connectivity index (χ1) is 8.78. The fourth-order valence-electron chi connectivity index (χ4n) is 2.41. The molecule has 0 aromatic heterocycles. The average molecular weight is 271 g/mol. The summed E-state index contributed by atoms with van der Waals surface area (Å²) in [6.45, 7) is 7.53. The fraction of sp³-hybridized carbons (Fsp3) is 0.857. The van der Waals surface area contributed by atoms with Gasteiger partial charge in [-0.25, -0.2) is 0 Å². The van der Waals surface area contributed by atoms with E-state index in [1.807, 2.05) is 27.7 Å². The Morgan fingerprint density at radius 3 is 2.42 bits per heavy atom. The van der Waals surface area contributed by atoms with Crippen molar-refractivity contribution in [3.8, 4) is 0 Å². The SMILES string of the molecule is CCC(C(=O)OC(C)(C)C)[C@H]1CC[C@@H](C(=O)OC)N1. The highest BCUT2D eigenvalue weighted by Gasteiger charge is 2.38. The first kappa shape index (κ1) is 16.0. The molecule has 5 heteroatoms. The topological polar surface area (TPSA) is 64.6 Å². The maximum atomic E-state index is 12.1. The highest BCUT2D eigenvalue weighted by atomic mass is 16.6. The van der Waals surface area contributed by atoms with Gasteiger partial charge in [0.1, 0.15) is 11.6 Å². The van der Waals surface area contributed by atoms with Crippen LogP contribution < -0.4 is 5.32 Å². The van der Waals surface area contributed by atoms with Crippen molar-refractivity contribution in [3.63, 3.8) is 0 Å². The van der Waals surface area contributed by atoms with Gasteiger partial charge in [0.15, 0.2) is 0 Å². The Kier molecular flexibility index (Phi) is 5.35. The Hall–Kier alpha value is -1.10. The molecule has 1 aliphatic rings. The van der Waals surface area contributed by atoms with Crippen molar-refractivity contribution >= 4 is 11.9 Å². The molecule has 110 valence electrons. The van der Waals surface area contributed by atoms with Crippen LogP contribution in [-0.2, 0) is 19.1 Å². The van der Waals surface area contributed by atoms with Crippen LogP contribution in [0.4, 0.5) is 0 Å². The van der Waals surface area contributed by atoms with E-state index in [9.17, 15) is 9.59 Å². The lowest BCUT2D eigenvalue weighted by Crippen LogP contribution is -2.43. The Balaban J connectivity index is 2.62. The summed E-state index contributed by atoms with van der Waals surface area (Å²) in [7, 11) is 1.38. The quantitative estimate of drug-likeness (QED) is 0.788. The van der Waals surface area contributed by atoms with Crippen molar-refractivity contribution in [2.24, 2.45) is 5.92 Å². The highest BCUT2D eigenvalue weighted by Crippen LogP contribution is 2.25. The van der Waals surface area contributed by atoms with Gasteiger partial charge in [0.2, 0.25) is 0 Å². The third-order valence-corrected chi connectivity index (χ3v) is 3.30. The van der Waals surface area contributed by atoms with Crippen LogP contribution in [0.15, 0.2) is 0 Å². The molecule has 5 nitrogen and oxygen atoms in total. The number of nitrogens with one attached hydrogen (secondary N) is 1. The third kappa shape index (κ3) is 4.49. The van der Waals surface area contributed by atoms with E-state index in [0.717, 1.165) is 6.42 Å². The Morgan fingerprint density at radius 2 is 1.95 bits per heavy atom. The molecule has 1 aliphatic heterocycles. The molecule has 0 aromatic carbocycles. The van der Waals surface area contributed by atoms with Crippen LogP contribution in [0.2, 0.25) is 0 Å². The molecule has 0 bridgehead atoms. The summed E-state index contributed by atoms with van der Waals surface area (Å²) < 4.78 is 10.1. The van der Waals surface area contributed by atoms with Gasteiger partial charge < -0.3 is 14.8 Å². The summed E-state index contributed by atoms with van der Waals surface area (Å²) in [6.07, 6.45) is 2.19. The predicted octanol–water partition coefficient (Wildman–Crippen LogP) is 1.65. The van der Waals surface area contributed by atoms with E-state index < -0.39 is 5.60 Å². The molecule has 3 atom stereocenters. The van der Waals surface area contributed by atoms with E-state index >= 15 is 0 Å². The number of carbonyl (C=O) groups excluding carboxylic acids is 2. The summed E-state index contributed by atoms with van der Waals surface area (Å²) >= 11 is 0. The lowest BCUT2D eigenvalue weighted by atomic mass is 9.95. The third-order valence-electron chi connectivity index (χ3n) is 3.30. The minimum absolute atomic E-state index is 0.0102. The van der Waals surface area contributed by atoms with Gasteiger partial charge in [-0.05, 0) is 40.0 Å². The second-order valence-corrected chi connectivity index (χ2v) is 5.97. The van der Waals surface area contributed by atoms with Gasteiger partial charge in [0.05, 0.1) is 13.0 Å². The van der Waals surface area contributed by atoms with E-state index in [2.05, 4.69) is 5.32 Å². The first-order valence-electron chi connectivity index (χ1n) is 6.85. The molecule has 1 heterocycles. The molecule has 0 aliphatic carbocycles. The van der Waals surface area contributed by atoms with Crippen LogP contribution >= 0.6 is 0 Å². The van der Waals surface area contributed by atoms with E-state index in [-0.39, 0.29) is 29.9 Å². The van der Waals surface area contributed by atoms with Gasteiger partial charge in [-0.2, -0.15) is 0 Å². The van der Waals surface area contributed by atoms with Gasteiger partial charge in [-0.1, -0.05) is 6.92 Å². The van der Waals surface area contributed by atoms with E-state index in [0.29, 0.717) is 12.8 Å². The van der Waals surface area contributed by atoms with E-state index in [1.165, 1.54) is 7.11 Å². The summed E-state index contributed by atoms with van der Waals surface area (Å²) in [5, 5.41) is 3.18. The Bertz CT molecular complexity index is 335. The first-order valence-corrected chi connectivity index (χ1v) is 6.85. The molecular formula is C14H25NO4. The molecule has 1 rings (SSSR count). The van der Waals surface area contributed by atoms with E-state index in [4.69, 9.17) is 9.47 Å². The van der Waals surface area contributed by atoms with Crippen molar-refractivity contribution in [1.82, 2.24) is 5.32 Å². The fourth-order valence-corrected chi connectivity index (χ4v) is 2.41. The number of rotatable bonds is 4. The van der Waals surface area contributed by atoms with Crippen LogP contribution in [0.1, 0.15) is 47.0 Å². The second-order valence-electron chi connectivity index (χ2n) is 5.97. The van der Waals surface area contributed by atoms with Crippen molar-refractivity contribution in [2.75, 3.05) is 7.11 Å². The number of esters is 2. The number of hydrogen-bond acceptors (Lipinski definition) is 5. The van der Waals surface area contributed by atoms with Crippen molar-refractivity contribution in [2.45, 2.75) is 64.6 Å². The predicted molar refractivity (Wildman–Crippen MR) is 71.6 cm³/mol. The number of ether oxygens (including phenoxy) is 2. The molecule has 0 amide bonds. The maximum absolute atomic E-state index is 12.1. The summed E-state index contributed by atoms with van der Waals surface area (Å²) in [6, 6.07) is -0.310. The second kappa shape index (κ2) is 6.37. The standard InChI is InChI=1S/C14H25NO4/c1-6-9(12(16)19-14(2,3)4)10-7-8-11(15-10)13(17)18-5/h9-11,15H,6-8H2,1-5H3/t9?,10-,11+/m1/s1. The van der Waals surface area contributed by atoms with Gasteiger partial charge in [0.25, 0.3) is 0 Å². The van der Waals surface area contributed by atoms with Gasteiger partial charge in [-0.15, -0.1) is 0 Å². The van der Waals surface area contributed by atoms with Gasteiger partial charge >= 0.3 is 11.9 Å². The lowest BCUT2D eigenvalue weighted by Gasteiger charge is -2.26. The molecule has 0 saturated carbocycles. The van der Waals surface area contributed by atoms with Gasteiger partial charge in [0, 0.05) is 6.04 Å². The van der Waals surface area contributed by atoms with Crippen LogP contribution in [0, 0.1) is 5.92 Å². The molecule has 0 spiro atoms. The van der Waals surface area contributed by atoms with Crippen LogP contribution in [0.25, 0.3) is 0 Å². The van der Waals surface area contributed by atoms with Crippen molar-refractivity contribution < 1.29 is 19.1 Å².